The largest absolute Gasteiger partial charge is 0.456 e. The van der Waals surface area contributed by atoms with Crippen molar-refractivity contribution in [2.75, 3.05) is 6.67 Å². The maximum atomic E-state index is 14.6. The predicted molar refractivity (Wildman–Crippen MR) is 170 cm³/mol. The first-order chi connectivity index (χ1) is 20.2. The number of allylic oxidation sites excluding steroid dienone is 1. The lowest BCUT2D eigenvalue weighted by molar-refractivity contribution is 0.266. The number of furan rings is 1. The minimum Gasteiger partial charge on any atom is -0.456 e. The van der Waals surface area contributed by atoms with Crippen LogP contribution in [0.4, 0.5) is 4.39 Å². The molecule has 0 bridgehead atoms. The van der Waals surface area contributed by atoms with Crippen LogP contribution in [0.1, 0.15) is 67.7 Å². The van der Waals surface area contributed by atoms with Crippen LogP contribution < -0.4 is 0 Å². The Balaban J connectivity index is 1.35. The van der Waals surface area contributed by atoms with Gasteiger partial charge < -0.3 is 4.42 Å². The normalized spacial score (nSPS) is 17.4. The van der Waals surface area contributed by atoms with Crippen LogP contribution in [0.15, 0.2) is 93.3 Å². The van der Waals surface area contributed by atoms with Gasteiger partial charge in [0.15, 0.2) is 5.84 Å². The minimum absolute atomic E-state index is 0.260. The Hall–Kier alpha value is -4.05. The number of rotatable bonds is 5. The average molecular weight is 543 g/mol. The van der Waals surface area contributed by atoms with E-state index in [1.807, 2.05) is 12.1 Å². The molecule has 0 amide bonds. The van der Waals surface area contributed by atoms with Crippen molar-refractivity contribution in [3.63, 3.8) is 0 Å². The monoisotopic (exact) mass is 542 g/mol. The number of benzene rings is 4. The summed E-state index contributed by atoms with van der Waals surface area (Å²) in [5.74, 6) is 0.850. The van der Waals surface area contributed by atoms with E-state index < -0.39 is 6.67 Å². The summed E-state index contributed by atoms with van der Waals surface area (Å²) in [6, 6.07) is 24.9. The molecule has 1 unspecified atom stereocenters. The molecule has 0 N–H and O–H groups in total. The number of hydrogen-bond acceptors (Lipinski definition) is 2. The summed E-state index contributed by atoms with van der Waals surface area (Å²) in [7, 11) is 0. The average Bonchev–Trinajstić information content (AvgIpc) is 3.38. The topological polar surface area (TPSA) is 37.9 Å². The maximum Gasteiger partial charge on any atom is 0.155 e. The summed E-state index contributed by atoms with van der Waals surface area (Å²) in [4.78, 5) is 10.2. The van der Waals surface area contributed by atoms with E-state index in [9.17, 15) is 4.39 Å². The Morgan fingerprint density at radius 1 is 0.902 bits per heavy atom. The number of nitrogens with zero attached hydrogens (tertiary/aromatic N) is 2. The van der Waals surface area contributed by atoms with Crippen molar-refractivity contribution in [2.24, 2.45) is 15.9 Å². The maximum absolute atomic E-state index is 14.6. The molecule has 4 aromatic carbocycles. The summed E-state index contributed by atoms with van der Waals surface area (Å²) in [6.45, 7) is 1.59. The molecule has 0 aliphatic heterocycles. The van der Waals surface area contributed by atoms with Gasteiger partial charge in [0.25, 0.3) is 0 Å². The molecular formula is C37H35FN2O. The first-order valence-corrected chi connectivity index (χ1v) is 15.0. The van der Waals surface area contributed by atoms with Crippen molar-refractivity contribution in [3.05, 3.63) is 101 Å². The fraction of sp³-hybridized carbons (Fsp3) is 0.297. The molecule has 5 aromatic rings. The first-order valence-electron chi connectivity index (χ1n) is 15.0. The van der Waals surface area contributed by atoms with Crippen LogP contribution in [0.3, 0.4) is 0 Å². The molecule has 206 valence electrons. The van der Waals surface area contributed by atoms with E-state index >= 15 is 0 Å². The molecule has 1 heterocycles. The molecule has 0 spiro atoms. The Labute approximate surface area is 240 Å². The van der Waals surface area contributed by atoms with E-state index in [4.69, 9.17) is 14.4 Å². The summed E-state index contributed by atoms with van der Waals surface area (Å²) in [6.07, 6.45) is 12.0. The third kappa shape index (κ3) is 5.01. The van der Waals surface area contributed by atoms with E-state index in [-0.39, 0.29) is 12.0 Å². The van der Waals surface area contributed by atoms with Crippen LogP contribution in [0, 0.1) is 5.92 Å². The summed E-state index contributed by atoms with van der Waals surface area (Å²) >= 11 is 0. The van der Waals surface area contributed by atoms with Gasteiger partial charge in [-0.2, -0.15) is 0 Å². The van der Waals surface area contributed by atoms with Gasteiger partial charge in [-0.1, -0.05) is 79.9 Å². The van der Waals surface area contributed by atoms with Gasteiger partial charge in [0, 0.05) is 22.0 Å². The van der Waals surface area contributed by atoms with Gasteiger partial charge in [0.05, 0.1) is 6.04 Å². The van der Waals surface area contributed by atoms with Crippen LogP contribution in [0.2, 0.25) is 0 Å². The SMILES string of the molecule is CC(=NC(=NC(CF)C1CCCCC1)c1ccc2c(c1)oc1cc3ccccc3cc12)c1cccc2c1CCC=C2. The number of hydrogen-bond donors (Lipinski definition) is 0. The predicted octanol–water partition coefficient (Wildman–Crippen LogP) is 9.87. The van der Waals surface area contributed by atoms with Crippen molar-refractivity contribution in [1.29, 1.82) is 0 Å². The quantitative estimate of drug-likeness (QED) is 0.161. The molecule has 0 saturated heterocycles. The van der Waals surface area contributed by atoms with E-state index in [1.54, 1.807) is 0 Å². The standard InChI is InChI=1S/C37H35FN2O/c1-24(30-17-9-15-25-10-7-8-16-31(25)30)39-37(40-34(23-38)26-11-3-2-4-12-26)29-18-19-32-33-20-27-13-5-6-14-28(27)21-36(33)41-35(32)22-29/h5-7,9-10,13-15,17-22,26,34H,2-4,8,11-12,16,23H2,1H3. The lowest BCUT2D eigenvalue weighted by atomic mass is 9.84. The lowest BCUT2D eigenvalue weighted by Crippen LogP contribution is -2.25. The molecule has 1 saturated carbocycles. The highest BCUT2D eigenvalue weighted by molar-refractivity contribution is 6.15. The Kier molecular flexibility index (Phi) is 7.00. The van der Waals surface area contributed by atoms with Crippen LogP contribution in [0.5, 0.6) is 0 Å². The van der Waals surface area contributed by atoms with Gasteiger partial charge in [0.1, 0.15) is 17.8 Å². The van der Waals surface area contributed by atoms with E-state index in [1.165, 1.54) is 22.9 Å². The molecule has 1 fully saturated rings. The summed E-state index contributed by atoms with van der Waals surface area (Å²) in [5, 5.41) is 4.50. The third-order valence-electron chi connectivity index (χ3n) is 8.97. The second-order valence-electron chi connectivity index (χ2n) is 11.6. The molecule has 7 rings (SSSR count). The van der Waals surface area contributed by atoms with E-state index in [0.29, 0.717) is 5.84 Å². The van der Waals surface area contributed by atoms with Crippen molar-refractivity contribution in [1.82, 2.24) is 0 Å². The lowest BCUT2D eigenvalue weighted by Gasteiger charge is -2.26. The molecule has 0 radical (unpaired) electrons. The fourth-order valence-electron chi connectivity index (χ4n) is 6.75. The smallest absolute Gasteiger partial charge is 0.155 e. The van der Waals surface area contributed by atoms with Crippen molar-refractivity contribution >= 4 is 50.3 Å². The van der Waals surface area contributed by atoms with Crippen molar-refractivity contribution in [2.45, 2.75) is 57.9 Å². The molecule has 3 nitrogen and oxygen atoms in total. The van der Waals surface area contributed by atoms with Gasteiger partial charge in [0.2, 0.25) is 0 Å². The van der Waals surface area contributed by atoms with Gasteiger partial charge >= 0.3 is 0 Å². The highest BCUT2D eigenvalue weighted by Gasteiger charge is 2.24. The second-order valence-corrected chi connectivity index (χ2v) is 11.6. The molecule has 4 heteroatoms. The minimum atomic E-state index is -0.465. The molecule has 1 aromatic heterocycles. The molecule has 2 aliphatic rings. The Morgan fingerprint density at radius 2 is 1.71 bits per heavy atom. The van der Waals surface area contributed by atoms with Crippen LogP contribution in [-0.4, -0.2) is 24.3 Å². The number of halogens is 1. The number of alkyl halides is 1. The van der Waals surface area contributed by atoms with Gasteiger partial charge in [-0.05, 0) is 90.3 Å². The van der Waals surface area contributed by atoms with Crippen molar-refractivity contribution < 1.29 is 8.81 Å². The second kappa shape index (κ2) is 11.1. The fourth-order valence-corrected chi connectivity index (χ4v) is 6.75. The van der Waals surface area contributed by atoms with Gasteiger partial charge in [-0.15, -0.1) is 0 Å². The highest BCUT2D eigenvalue weighted by Crippen LogP contribution is 2.34. The number of amidine groups is 1. The molecule has 2 aliphatic carbocycles. The highest BCUT2D eigenvalue weighted by atomic mass is 19.1. The Morgan fingerprint density at radius 3 is 2.54 bits per heavy atom. The van der Waals surface area contributed by atoms with Gasteiger partial charge in [-0.25, -0.2) is 9.38 Å². The van der Waals surface area contributed by atoms with Crippen LogP contribution >= 0.6 is 0 Å². The third-order valence-corrected chi connectivity index (χ3v) is 8.97. The number of fused-ring (bicyclic) bond motifs is 5. The first kappa shape index (κ1) is 25.9. The molecule has 1 atom stereocenters. The zero-order valence-electron chi connectivity index (χ0n) is 23.6. The number of aliphatic imine (C=N–C) groups is 2. The zero-order valence-corrected chi connectivity index (χ0v) is 23.6. The van der Waals surface area contributed by atoms with Gasteiger partial charge in [-0.3, -0.25) is 4.99 Å². The summed E-state index contributed by atoms with van der Waals surface area (Å²) in [5.41, 5.74) is 7.15. The Bertz CT molecular complexity index is 1840. The summed E-state index contributed by atoms with van der Waals surface area (Å²) < 4.78 is 20.9. The molecular weight excluding hydrogens is 507 g/mol. The van der Waals surface area contributed by atoms with Crippen molar-refractivity contribution in [3.8, 4) is 0 Å². The van der Waals surface area contributed by atoms with Crippen LogP contribution in [-0.2, 0) is 6.42 Å². The molecule has 41 heavy (non-hydrogen) atoms. The van der Waals surface area contributed by atoms with Crippen LogP contribution in [0.25, 0.3) is 38.8 Å². The van der Waals surface area contributed by atoms with E-state index in [2.05, 4.69) is 79.7 Å². The zero-order chi connectivity index (χ0) is 27.8. The van der Waals surface area contributed by atoms with E-state index in [0.717, 1.165) is 82.7 Å².